The van der Waals surface area contributed by atoms with Gasteiger partial charge in [-0.1, -0.05) is 0 Å². The third-order valence-corrected chi connectivity index (χ3v) is 5.43. The lowest BCUT2D eigenvalue weighted by molar-refractivity contribution is -0.384. The van der Waals surface area contributed by atoms with Crippen LogP contribution >= 0.6 is 0 Å². The molecule has 0 aliphatic carbocycles. The first kappa shape index (κ1) is 16.3. The quantitative estimate of drug-likeness (QED) is 0.533. The minimum absolute atomic E-state index is 0.255. The van der Waals surface area contributed by atoms with Gasteiger partial charge in [0.2, 0.25) is 15.8 Å². The number of pyridine rings is 1. The van der Waals surface area contributed by atoms with E-state index in [0.29, 0.717) is 0 Å². The molecule has 1 N–H and O–H groups in total. The number of rotatable bonds is 6. The minimum atomic E-state index is -4.20. The lowest BCUT2D eigenvalue weighted by Gasteiger charge is -2.18. The predicted molar refractivity (Wildman–Crippen MR) is 71.1 cm³/mol. The molecule has 0 saturated heterocycles. The third-order valence-electron chi connectivity index (χ3n) is 1.93. The van der Waals surface area contributed by atoms with Crippen LogP contribution in [0.5, 0.6) is 0 Å². The highest BCUT2D eigenvalue weighted by Crippen LogP contribution is 2.22. The molecule has 12 heteroatoms. The summed E-state index contributed by atoms with van der Waals surface area (Å²) < 4.78 is 45.1. The first-order chi connectivity index (χ1) is 9.02. The Morgan fingerprint density at radius 1 is 1.40 bits per heavy atom. The van der Waals surface area contributed by atoms with Crippen LogP contribution in [-0.4, -0.2) is 45.1 Å². The van der Waals surface area contributed by atoms with E-state index in [1.54, 1.807) is 0 Å². The number of anilines is 1. The van der Waals surface area contributed by atoms with Crippen LogP contribution < -0.4 is 9.84 Å². The van der Waals surface area contributed by atoms with Gasteiger partial charge in [0.15, 0.2) is 14.9 Å². The summed E-state index contributed by atoms with van der Waals surface area (Å²) in [6.45, 7) is 0. The SMILES string of the molecule is CN(NS(=O)(=O)CS(C)(=O)=O)c1ncccc1[N+](=O)[O-]. The zero-order valence-electron chi connectivity index (χ0n) is 10.5. The Hall–Kier alpha value is -1.79. The van der Waals surface area contributed by atoms with Gasteiger partial charge in [0.05, 0.1) is 4.92 Å². The highest BCUT2D eigenvalue weighted by Gasteiger charge is 2.24. The summed E-state index contributed by atoms with van der Waals surface area (Å²) in [7, 11) is -6.80. The Kier molecular flexibility index (Phi) is 4.62. The van der Waals surface area contributed by atoms with Crippen molar-refractivity contribution >= 4 is 31.4 Å². The standard InChI is InChI=1S/C8H12N4O6S2/c1-11(10-20(17,18)6-19(2,15)16)8-7(12(13)14)4-3-5-9-8/h3-5,10H,6H2,1-2H3. The van der Waals surface area contributed by atoms with Gasteiger partial charge in [0.1, 0.15) is 0 Å². The maximum atomic E-state index is 11.6. The largest absolute Gasteiger partial charge is 0.312 e. The van der Waals surface area contributed by atoms with E-state index in [1.165, 1.54) is 19.3 Å². The summed E-state index contributed by atoms with van der Waals surface area (Å²) in [5.74, 6) is -0.255. The maximum Gasteiger partial charge on any atom is 0.312 e. The topological polar surface area (TPSA) is 140 Å². The molecular weight excluding hydrogens is 312 g/mol. The highest BCUT2D eigenvalue weighted by molar-refractivity contribution is 8.06. The second kappa shape index (κ2) is 5.68. The molecule has 112 valence electrons. The lowest BCUT2D eigenvalue weighted by atomic mass is 10.4. The van der Waals surface area contributed by atoms with E-state index >= 15 is 0 Å². The molecular formula is C8H12N4O6S2. The molecule has 0 spiro atoms. The van der Waals surface area contributed by atoms with Crippen LogP contribution in [0, 0.1) is 10.1 Å². The van der Waals surface area contributed by atoms with Crippen LogP contribution in [0.25, 0.3) is 0 Å². The molecule has 1 heterocycles. The van der Waals surface area contributed by atoms with Gasteiger partial charge in [-0.25, -0.2) is 21.8 Å². The summed E-state index contributed by atoms with van der Waals surface area (Å²) in [6.07, 6.45) is 2.00. The van der Waals surface area contributed by atoms with Crippen molar-refractivity contribution in [1.29, 1.82) is 0 Å². The van der Waals surface area contributed by atoms with Gasteiger partial charge in [-0.05, 0) is 6.07 Å². The van der Waals surface area contributed by atoms with E-state index in [2.05, 4.69) is 4.98 Å². The van der Waals surface area contributed by atoms with Crippen molar-refractivity contribution in [3.8, 4) is 0 Å². The molecule has 0 fully saturated rings. The molecule has 0 unspecified atom stereocenters. The fraction of sp³-hybridized carbons (Fsp3) is 0.375. The van der Waals surface area contributed by atoms with Crippen molar-refractivity contribution in [3.63, 3.8) is 0 Å². The summed E-state index contributed by atoms with van der Waals surface area (Å²) in [4.78, 5) is 15.6. The van der Waals surface area contributed by atoms with Gasteiger partial charge in [0.25, 0.3) is 0 Å². The molecule has 0 bridgehead atoms. The zero-order valence-corrected chi connectivity index (χ0v) is 12.2. The number of hydrazine groups is 1. The average Bonchev–Trinajstić information content (AvgIpc) is 2.24. The molecule has 0 amide bonds. The first-order valence-corrected chi connectivity index (χ1v) is 8.74. The maximum absolute atomic E-state index is 11.6. The van der Waals surface area contributed by atoms with Crippen molar-refractivity contribution in [2.75, 3.05) is 23.4 Å². The Labute approximate surface area is 115 Å². The average molecular weight is 324 g/mol. The summed E-state index contributed by atoms with van der Waals surface area (Å²) in [5.41, 5.74) is -0.419. The number of hydrogen-bond acceptors (Lipinski definition) is 8. The van der Waals surface area contributed by atoms with Crippen molar-refractivity contribution in [2.45, 2.75) is 0 Å². The van der Waals surface area contributed by atoms with Crippen LogP contribution in [-0.2, 0) is 19.9 Å². The van der Waals surface area contributed by atoms with Gasteiger partial charge >= 0.3 is 5.69 Å². The van der Waals surface area contributed by atoms with E-state index in [4.69, 9.17) is 0 Å². The second-order valence-corrected chi connectivity index (χ2v) is 8.12. The number of sulfone groups is 1. The fourth-order valence-electron chi connectivity index (χ4n) is 1.35. The van der Waals surface area contributed by atoms with Crippen LogP contribution in [0.4, 0.5) is 11.5 Å². The molecule has 0 saturated carbocycles. The van der Waals surface area contributed by atoms with Crippen molar-refractivity contribution in [1.82, 2.24) is 9.82 Å². The molecule has 0 radical (unpaired) electrons. The summed E-state index contributed by atoms with van der Waals surface area (Å²) in [5, 5.41) is 10.4. The molecule has 1 aromatic heterocycles. The third kappa shape index (κ3) is 4.71. The Morgan fingerprint density at radius 2 is 2.00 bits per heavy atom. The van der Waals surface area contributed by atoms with Crippen molar-refractivity contribution < 1.29 is 21.8 Å². The normalized spacial score (nSPS) is 12.1. The van der Waals surface area contributed by atoms with Crippen LogP contribution in [0.15, 0.2) is 18.3 Å². The van der Waals surface area contributed by atoms with Gasteiger partial charge in [-0.3, -0.25) is 15.1 Å². The summed E-state index contributed by atoms with van der Waals surface area (Å²) >= 11 is 0. The zero-order chi connectivity index (χ0) is 15.6. The number of nitro groups is 1. The summed E-state index contributed by atoms with van der Waals surface area (Å²) in [6, 6.07) is 2.46. The number of aromatic nitrogens is 1. The molecule has 0 aliphatic rings. The smallest absolute Gasteiger partial charge is 0.276 e. The molecule has 0 atom stereocenters. The second-order valence-electron chi connectivity index (χ2n) is 3.91. The monoisotopic (exact) mass is 324 g/mol. The van der Waals surface area contributed by atoms with E-state index in [9.17, 15) is 26.9 Å². The molecule has 0 aromatic carbocycles. The molecule has 1 rings (SSSR count). The number of nitrogens with zero attached hydrogens (tertiary/aromatic N) is 3. The highest BCUT2D eigenvalue weighted by atomic mass is 32.3. The Balaban J connectivity index is 3.03. The van der Waals surface area contributed by atoms with E-state index in [1.807, 2.05) is 4.83 Å². The molecule has 10 nitrogen and oxygen atoms in total. The molecule has 1 aromatic rings. The molecule has 20 heavy (non-hydrogen) atoms. The first-order valence-electron chi connectivity index (χ1n) is 5.03. The van der Waals surface area contributed by atoms with E-state index in [-0.39, 0.29) is 5.82 Å². The number of nitrogens with one attached hydrogen (secondary N) is 1. The van der Waals surface area contributed by atoms with Gasteiger partial charge in [0, 0.05) is 25.6 Å². The van der Waals surface area contributed by atoms with Gasteiger partial charge in [-0.15, -0.1) is 4.83 Å². The van der Waals surface area contributed by atoms with Crippen molar-refractivity contribution in [3.05, 3.63) is 28.4 Å². The van der Waals surface area contributed by atoms with Crippen LogP contribution in [0.1, 0.15) is 0 Å². The number of hydrogen-bond donors (Lipinski definition) is 1. The lowest BCUT2D eigenvalue weighted by Crippen LogP contribution is -2.42. The predicted octanol–water partition coefficient (Wildman–Crippen LogP) is -0.737. The van der Waals surface area contributed by atoms with Gasteiger partial charge in [-0.2, -0.15) is 0 Å². The van der Waals surface area contributed by atoms with Crippen LogP contribution in [0.3, 0.4) is 0 Å². The van der Waals surface area contributed by atoms with Crippen LogP contribution in [0.2, 0.25) is 0 Å². The van der Waals surface area contributed by atoms with E-state index < -0.39 is 35.6 Å². The minimum Gasteiger partial charge on any atom is -0.276 e. The van der Waals surface area contributed by atoms with Crippen molar-refractivity contribution in [2.24, 2.45) is 0 Å². The fourth-order valence-corrected chi connectivity index (χ4v) is 4.32. The van der Waals surface area contributed by atoms with Gasteiger partial charge < -0.3 is 0 Å². The number of sulfonamides is 1. The molecule has 0 aliphatic heterocycles. The Bertz CT molecular complexity index is 714. The van der Waals surface area contributed by atoms with E-state index in [0.717, 1.165) is 17.3 Å². The Morgan fingerprint density at radius 3 is 2.50 bits per heavy atom.